The van der Waals surface area contributed by atoms with E-state index >= 15 is 0 Å². The average molecular weight is 393 g/mol. The Hall–Kier alpha value is -3.36. The summed E-state index contributed by atoms with van der Waals surface area (Å²) in [6.07, 6.45) is 0. The molecule has 1 atom stereocenters. The summed E-state index contributed by atoms with van der Waals surface area (Å²) in [6, 6.07) is 6.86. The number of nitrogens with one attached hydrogen (secondary N) is 3. The Kier molecular flexibility index (Phi) is 6.75. The van der Waals surface area contributed by atoms with Gasteiger partial charge < -0.3 is 5.32 Å². The van der Waals surface area contributed by atoms with E-state index in [2.05, 4.69) is 10.7 Å². The van der Waals surface area contributed by atoms with Gasteiger partial charge in [0.15, 0.2) is 0 Å². The third-order valence-electron chi connectivity index (χ3n) is 3.84. The van der Waals surface area contributed by atoms with Crippen LogP contribution < -0.4 is 16.2 Å². The average Bonchev–Trinajstić information content (AvgIpc) is 2.64. The molecule has 0 spiro atoms. The minimum atomic E-state index is -1.22. The maximum atomic E-state index is 13.7. The van der Waals surface area contributed by atoms with Gasteiger partial charge in [-0.2, -0.15) is 0 Å². The number of hydrogen-bond donors (Lipinski definition) is 3. The van der Waals surface area contributed by atoms with E-state index in [1.807, 2.05) is 5.43 Å². The second-order valence-electron chi connectivity index (χ2n) is 6.22. The van der Waals surface area contributed by atoms with E-state index in [4.69, 9.17) is 0 Å². The molecule has 0 bridgehead atoms. The van der Waals surface area contributed by atoms with Crippen LogP contribution in [-0.4, -0.2) is 23.8 Å². The van der Waals surface area contributed by atoms with Crippen molar-refractivity contribution in [2.45, 2.75) is 19.9 Å². The zero-order valence-corrected chi connectivity index (χ0v) is 15.1. The molecule has 2 aromatic rings. The molecule has 2 rings (SSSR count). The summed E-state index contributed by atoms with van der Waals surface area (Å²) in [5.74, 6) is -6.28. The fourth-order valence-corrected chi connectivity index (χ4v) is 2.37. The molecular formula is C19H18F3N3O3. The Morgan fingerprint density at radius 3 is 1.93 bits per heavy atom. The predicted molar refractivity (Wildman–Crippen MR) is 94.5 cm³/mol. The van der Waals surface area contributed by atoms with Crippen LogP contribution in [-0.2, 0) is 4.79 Å². The quantitative estimate of drug-likeness (QED) is 0.682. The molecule has 6 nitrogen and oxygen atoms in total. The summed E-state index contributed by atoms with van der Waals surface area (Å²) < 4.78 is 41.1. The van der Waals surface area contributed by atoms with Crippen LogP contribution in [0.3, 0.4) is 0 Å². The van der Waals surface area contributed by atoms with Crippen LogP contribution in [0.15, 0.2) is 42.5 Å². The summed E-state index contributed by atoms with van der Waals surface area (Å²) in [7, 11) is 0. The molecule has 0 heterocycles. The zero-order chi connectivity index (χ0) is 20.8. The second kappa shape index (κ2) is 9.03. The highest BCUT2D eigenvalue weighted by molar-refractivity contribution is 5.99. The van der Waals surface area contributed by atoms with Crippen molar-refractivity contribution in [3.8, 4) is 0 Å². The van der Waals surface area contributed by atoms with E-state index in [0.717, 1.165) is 24.3 Å². The van der Waals surface area contributed by atoms with Crippen molar-refractivity contribution in [2.75, 3.05) is 0 Å². The van der Waals surface area contributed by atoms with Crippen LogP contribution in [0.25, 0.3) is 0 Å². The molecule has 1 unspecified atom stereocenters. The molecule has 3 N–H and O–H groups in total. The van der Waals surface area contributed by atoms with Gasteiger partial charge >= 0.3 is 0 Å². The highest BCUT2D eigenvalue weighted by atomic mass is 19.1. The summed E-state index contributed by atoms with van der Waals surface area (Å²) in [5, 5.41) is 2.23. The Bertz CT molecular complexity index is 883. The van der Waals surface area contributed by atoms with E-state index in [-0.39, 0.29) is 5.56 Å². The van der Waals surface area contributed by atoms with E-state index < -0.39 is 52.7 Å². The first-order valence-electron chi connectivity index (χ1n) is 8.32. The van der Waals surface area contributed by atoms with Gasteiger partial charge in [0.1, 0.15) is 29.1 Å². The van der Waals surface area contributed by atoms with Gasteiger partial charge in [0, 0.05) is 0 Å². The number of halogens is 3. The molecule has 0 saturated heterocycles. The lowest BCUT2D eigenvalue weighted by Gasteiger charge is -2.22. The van der Waals surface area contributed by atoms with Crippen LogP contribution in [0.5, 0.6) is 0 Å². The van der Waals surface area contributed by atoms with Crippen molar-refractivity contribution >= 4 is 17.7 Å². The largest absolute Gasteiger partial charge is 0.340 e. The molecule has 0 fully saturated rings. The molecule has 9 heteroatoms. The minimum Gasteiger partial charge on any atom is -0.340 e. The lowest BCUT2D eigenvalue weighted by Crippen LogP contribution is -2.54. The first-order valence-corrected chi connectivity index (χ1v) is 8.32. The molecular weight excluding hydrogens is 375 g/mol. The molecule has 28 heavy (non-hydrogen) atoms. The smallest absolute Gasteiger partial charge is 0.272 e. The third-order valence-corrected chi connectivity index (χ3v) is 3.84. The maximum Gasteiger partial charge on any atom is 0.272 e. The maximum absolute atomic E-state index is 13.7. The van der Waals surface area contributed by atoms with Crippen molar-refractivity contribution < 1.29 is 27.6 Å². The summed E-state index contributed by atoms with van der Waals surface area (Å²) in [6.45, 7) is 3.17. The third kappa shape index (κ3) is 4.87. The SMILES string of the molecule is CC(C)C(NC(=O)c1c(F)cccc1F)C(=O)NNC(=O)c1ccccc1F. The monoisotopic (exact) mass is 393 g/mol. The van der Waals surface area contributed by atoms with Gasteiger partial charge in [0.2, 0.25) is 0 Å². The van der Waals surface area contributed by atoms with Gasteiger partial charge in [-0.3, -0.25) is 25.2 Å². The lowest BCUT2D eigenvalue weighted by atomic mass is 10.0. The van der Waals surface area contributed by atoms with Crippen molar-refractivity contribution in [3.63, 3.8) is 0 Å². The predicted octanol–water partition coefficient (Wildman–Crippen LogP) is 2.32. The van der Waals surface area contributed by atoms with Crippen LogP contribution >= 0.6 is 0 Å². The number of rotatable bonds is 5. The Morgan fingerprint density at radius 1 is 0.786 bits per heavy atom. The van der Waals surface area contributed by atoms with Gasteiger partial charge in [0.25, 0.3) is 17.7 Å². The molecule has 0 radical (unpaired) electrons. The Balaban J connectivity index is 2.07. The number of hydrogen-bond acceptors (Lipinski definition) is 3. The molecule has 3 amide bonds. The first-order chi connectivity index (χ1) is 13.2. The lowest BCUT2D eigenvalue weighted by molar-refractivity contribution is -0.124. The molecule has 0 aliphatic rings. The summed E-state index contributed by atoms with van der Waals surface area (Å²) in [4.78, 5) is 36.5. The van der Waals surface area contributed by atoms with Crippen molar-refractivity contribution in [1.29, 1.82) is 0 Å². The highest BCUT2D eigenvalue weighted by Gasteiger charge is 2.27. The number of benzene rings is 2. The van der Waals surface area contributed by atoms with E-state index in [0.29, 0.717) is 0 Å². The van der Waals surface area contributed by atoms with E-state index in [1.54, 1.807) is 13.8 Å². The fourth-order valence-electron chi connectivity index (χ4n) is 2.37. The van der Waals surface area contributed by atoms with Crippen molar-refractivity contribution in [1.82, 2.24) is 16.2 Å². The molecule has 0 aliphatic heterocycles. The minimum absolute atomic E-state index is 0.290. The Labute approximate surface area is 159 Å². The number of carbonyl (C=O) groups excluding carboxylic acids is 3. The number of amides is 3. The summed E-state index contributed by atoms with van der Waals surface area (Å²) >= 11 is 0. The van der Waals surface area contributed by atoms with Gasteiger partial charge in [-0.05, 0) is 30.2 Å². The number of hydrazine groups is 1. The van der Waals surface area contributed by atoms with Crippen LogP contribution in [0, 0.1) is 23.4 Å². The topological polar surface area (TPSA) is 87.3 Å². The molecule has 0 aromatic heterocycles. The van der Waals surface area contributed by atoms with E-state index in [1.165, 1.54) is 18.2 Å². The normalized spacial score (nSPS) is 11.6. The van der Waals surface area contributed by atoms with Crippen molar-refractivity contribution in [3.05, 3.63) is 71.0 Å². The van der Waals surface area contributed by atoms with Gasteiger partial charge in [-0.1, -0.05) is 32.0 Å². The standard InChI is InChI=1S/C19H18F3N3O3/c1-10(2)16(23-18(27)15-13(21)8-5-9-14(15)22)19(28)25-24-17(26)11-6-3-4-7-12(11)20/h3-10,16H,1-2H3,(H,23,27)(H,24,26)(H,25,28). The summed E-state index contributed by atoms with van der Waals surface area (Å²) in [5.41, 5.74) is 2.99. The molecule has 148 valence electrons. The molecule has 2 aromatic carbocycles. The second-order valence-corrected chi connectivity index (χ2v) is 6.22. The zero-order valence-electron chi connectivity index (χ0n) is 15.1. The number of carbonyl (C=O) groups is 3. The Morgan fingerprint density at radius 2 is 1.36 bits per heavy atom. The van der Waals surface area contributed by atoms with Crippen LogP contribution in [0.4, 0.5) is 13.2 Å². The molecule has 0 aliphatic carbocycles. The van der Waals surface area contributed by atoms with Gasteiger partial charge in [-0.25, -0.2) is 13.2 Å². The van der Waals surface area contributed by atoms with Crippen LogP contribution in [0.1, 0.15) is 34.6 Å². The highest BCUT2D eigenvalue weighted by Crippen LogP contribution is 2.13. The van der Waals surface area contributed by atoms with Crippen LogP contribution in [0.2, 0.25) is 0 Å². The first kappa shape index (κ1) is 20.9. The van der Waals surface area contributed by atoms with Crippen molar-refractivity contribution in [2.24, 2.45) is 5.92 Å². The molecule has 0 saturated carbocycles. The van der Waals surface area contributed by atoms with E-state index in [9.17, 15) is 27.6 Å². The fraction of sp³-hybridized carbons (Fsp3) is 0.211. The van der Waals surface area contributed by atoms with Gasteiger partial charge in [-0.15, -0.1) is 0 Å². The van der Waals surface area contributed by atoms with Gasteiger partial charge in [0.05, 0.1) is 5.56 Å².